The highest BCUT2D eigenvalue weighted by atomic mass is 16.6. The number of nitrogens with two attached hydrogens (primary N) is 1. The molecule has 8 nitrogen and oxygen atoms in total. The van der Waals surface area contributed by atoms with Gasteiger partial charge >= 0.3 is 12.1 Å². The number of nitrogens with zero attached hydrogens (tertiary/aromatic N) is 3. The van der Waals surface area contributed by atoms with E-state index in [1.54, 1.807) is 9.58 Å². The smallest absolute Gasteiger partial charge is 0.410 e. The largest absolute Gasteiger partial charge is 0.464 e. The monoisotopic (exact) mass is 338 g/mol. The van der Waals surface area contributed by atoms with Gasteiger partial charge in [0.15, 0.2) is 5.69 Å². The van der Waals surface area contributed by atoms with Crippen LogP contribution < -0.4 is 5.73 Å². The molecule has 1 aromatic rings. The third kappa shape index (κ3) is 4.05. The normalized spacial score (nSPS) is 14.8. The lowest BCUT2D eigenvalue weighted by molar-refractivity contribution is 0.0236. The Balaban J connectivity index is 2.32. The first-order valence-corrected chi connectivity index (χ1v) is 8.11. The molecule has 1 aliphatic heterocycles. The van der Waals surface area contributed by atoms with Crippen molar-refractivity contribution in [2.75, 3.05) is 20.2 Å². The number of carbonyl (C=O) groups excluding carboxylic acids is 2. The zero-order valence-electron chi connectivity index (χ0n) is 14.8. The van der Waals surface area contributed by atoms with Gasteiger partial charge in [0.25, 0.3) is 0 Å². The Labute approximate surface area is 141 Å². The van der Waals surface area contributed by atoms with Gasteiger partial charge in [-0.15, -0.1) is 0 Å². The van der Waals surface area contributed by atoms with Gasteiger partial charge in [-0.1, -0.05) is 0 Å². The van der Waals surface area contributed by atoms with Crippen molar-refractivity contribution in [1.29, 1.82) is 0 Å². The molecular formula is C16H26N4O4. The summed E-state index contributed by atoms with van der Waals surface area (Å²) in [6.45, 7) is 7.44. The predicted molar refractivity (Wildman–Crippen MR) is 87.6 cm³/mol. The van der Waals surface area contributed by atoms with Crippen molar-refractivity contribution in [2.45, 2.75) is 52.3 Å². The molecule has 134 valence electrons. The first-order valence-electron chi connectivity index (χ1n) is 8.11. The van der Waals surface area contributed by atoms with Gasteiger partial charge in [0.2, 0.25) is 0 Å². The number of fused-ring (bicyclic) bond motifs is 1. The number of esters is 1. The molecule has 0 bridgehead atoms. The van der Waals surface area contributed by atoms with Crippen molar-refractivity contribution in [3.8, 4) is 0 Å². The molecule has 2 rings (SSSR count). The molecule has 24 heavy (non-hydrogen) atoms. The molecule has 1 aromatic heterocycles. The summed E-state index contributed by atoms with van der Waals surface area (Å²) in [7, 11) is 1.33. The van der Waals surface area contributed by atoms with Crippen molar-refractivity contribution in [3.05, 3.63) is 17.0 Å². The Morgan fingerprint density at radius 3 is 2.58 bits per heavy atom. The van der Waals surface area contributed by atoms with Gasteiger partial charge in [0.05, 0.1) is 19.3 Å². The summed E-state index contributed by atoms with van der Waals surface area (Å²) in [6, 6.07) is 0. The Hall–Kier alpha value is -2.09. The van der Waals surface area contributed by atoms with E-state index in [1.165, 1.54) is 7.11 Å². The van der Waals surface area contributed by atoms with Crippen LogP contribution >= 0.6 is 0 Å². The van der Waals surface area contributed by atoms with Crippen LogP contribution in [0.4, 0.5) is 4.79 Å². The molecule has 0 aliphatic carbocycles. The highest BCUT2D eigenvalue weighted by Gasteiger charge is 2.29. The minimum atomic E-state index is -0.555. The molecule has 0 saturated heterocycles. The van der Waals surface area contributed by atoms with Crippen molar-refractivity contribution in [2.24, 2.45) is 5.73 Å². The highest BCUT2D eigenvalue weighted by Crippen LogP contribution is 2.23. The summed E-state index contributed by atoms with van der Waals surface area (Å²) < 4.78 is 12.1. The van der Waals surface area contributed by atoms with Crippen LogP contribution in [0.15, 0.2) is 0 Å². The molecule has 8 heteroatoms. The fourth-order valence-corrected chi connectivity index (χ4v) is 2.72. The summed E-state index contributed by atoms with van der Waals surface area (Å²) >= 11 is 0. The molecule has 1 amide bonds. The van der Waals surface area contributed by atoms with Crippen LogP contribution in [0.5, 0.6) is 0 Å². The third-order valence-corrected chi connectivity index (χ3v) is 3.73. The number of hydrogen-bond acceptors (Lipinski definition) is 6. The second-order valence-corrected chi connectivity index (χ2v) is 6.78. The Morgan fingerprint density at radius 1 is 1.29 bits per heavy atom. The number of ether oxygens (including phenoxy) is 2. The van der Waals surface area contributed by atoms with E-state index in [1.807, 2.05) is 20.8 Å². The van der Waals surface area contributed by atoms with E-state index in [9.17, 15) is 9.59 Å². The molecular weight excluding hydrogens is 312 g/mol. The van der Waals surface area contributed by atoms with Crippen LogP contribution in [0.3, 0.4) is 0 Å². The van der Waals surface area contributed by atoms with Gasteiger partial charge in [-0.05, 0) is 40.2 Å². The first-order chi connectivity index (χ1) is 11.3. The van der Waals surface area contributed by atoms with Crippen molar-refractivity contribution in [3.63, 3.8) is 0 Å². The topological polar surface area (TPSA) is 99.7 Å². The van der Waals surface area contributed by atoms with Crippen LogP contribution in [0.1, 0.15) is 48.9 Å². The van der Waals surface area contributed by atoms with Gasteiger partial charge < -0.3 is 20.1 Å². The highest BCUT2D eigenvalue weighted by molar-refractivity contribution is 5.89. The molecule has 0 aromatic carbocycles. The fraction of sp³-hybridized carbons (Fsp3) is 0.688. The molecule has 0 atom stereocenters. The summed E-state index contributed by atoms with van der Waals surface area (Å²) in [5.74, 6) is -0.483. The minimum Gasteiger partial charge on any atom is -0.464 e. The molecule has 0 fully saturated rings. The van der Waals surface area contributed by atoms with E-state index >= 15 is 0 Å². The molecule has 0 spiro atoms. The Kier molecular flexibility index (Phi) is 5.48. The van der Waals surface area contributed by atoms with Crippen LogP contribution in [0, 0.1) is 0 Å². The van der Waals surface area contributed by atoms with E-state index in [0.29, 0.717) is 32.6 Å². The van der Waals surface area contributed by atoms with Gasteiger partial charge in [0.1, 0.15) is 5.60 Å². The van der Waals surface area contributed by atoms with Crippen LogP contribution in [0.2, 0.25) is 0 Å². The van der Waals surface area contributed by atoms with E-state index < -0.39 is 11.6 Å². The number of hydrogen-bond donors (Lipinski definition) is 1. The second kappa shape index (κ2) is 7.21. The summed E-state index contributed by atoms with van der Waals surface area (Å²) in [6.07, 6.45) is 0.869. The van der Waals surface area contributed by atoms with Crippen molar-refractivity contribution < 1.29 is 19.1 Å². The van der Waals surface area contributed by atoms with Crippen molar-refractivity contribution >= 4 is 12.1 Å². The zero-order chi connectivity index (χ0) is 17.9. The summed E-state index contributed by atoms with van der Waals surface area (Å²) in [5.41, 5.74) is 6.99. The number of methoxy groups -OCH3 is 1. The standard InChI is InChI=1S/C16H26N4O4/c1-16(2,3)24-15(22)19-8-5-9-20-12(10-19)11(6-7-17)13(18-20)14(21)23-4/h5-10,17H2,1-4H3. The third-order valence-electron chi connectivity index (χ3n) is 3.73. The lowest BCUT2D eigenvalue weighted by atomic mass is 10.1. The first kappa shape index (κ1) is 18.3. The molecule has 1 aliphatic rings. The number of rotatable bonds is 3. The zero-order valence-corrected chi connectivity index (χ0v) is 14.8. The summed E-state index contributed by atoms with van der Waals surface area (Å²) in [4.78, 5) is 26.0. The predicted octanol–water partition coefficient (Wildman–Crippen LogP) is 1.31. The molecule has 0 radical (unpaired) electrons. The number of aryl methyl sites for hydroxylation is 1. The van der Waals surface area contributed by atoms with Gasteiger partial charge in [-0.3, -0.25) is 4.68 Å². The second-order valence-electron chi connectivity index (χ2n) is 6.78. The molecule has 0 saturated carbocycles. The van der Waals surface area contributed by atoms with Crippen LogP contribution in [-0.4, -0.2) is 52.5 Å². The Morgan fingerprint density at radius 2 is 2.00 bits per heavy atom. The van der Waals surface area contributed by atoms with Crippen LogP contribution in [-0.2, 0) is 29.0 Å². The molecule has 0 unspecified atom stereocenters. The number of amides is 1. The van der Waals surface area contributed by atoms with E-state index in [4.69, 9.17) is 15.2 Å². The van der Waals surface area contributed by atoms with Gasteiger partial charge in [0, 0.05) is 18.7 Å². The Bertz CT molecular complexity index is 618. The average molecular weight is 338 g/mol. The van der Waals surface area contributed by atoms with E-state index in [-0.39, 0.29) is 11.8 Å². The lowest BCUT2D eigenvalue weighted by Gasteiger charge is -2.26. The number of aromatic nitrogens is 2. The molecule has 2 heterocycles. The number of carbonyl (C=O) groups is 2. The maximum absolute atomic E-state index is 12.4. The maximum atomic E-state index is 12.4. The van der Waals surface area contributed by atoms with E-state index in [0.717, 1.165) is 17.7 Å². The minimum absolute atomic E-state index is 0.281. The average Bonchev–Trinajstić information content (AvgIpc) is 2.69. The van der Waals surface area contributed by atoms with E-state index in [2.05, 4.69) is 5.10 Å². The van der Waals surface area contributed by atoms with Gasteiger partial charge in [-0.2, -0.15) is 5.10 Å². The maximum Gasteiger partial charge on any atom is 0.410 e. The summed E-state index contributed by atoms with van der Waals surface area (Å²) in [5, 5.41) is 4.38. The SMILES string of the molecule is COC(=O)c1nn2c(c1CCN)CN(C(=O)OC(C)(C)C)CCC2. The molecule has 2 N–H and O–H groups in total. The quantitative estimate of drug-likeness (QED) is 0.834. The van der Waals surface area contributed by atoms with Crippen molar-refractivity contribution in [1.82, 2.24) is 14.7 Å². The lowest BCUT2D eigenvalue weighted by Crippen LogP contribution is -2.36. The van der Waals surface area contributed by atoms with Gasteiger partial charge in [-0.25, -0.2) is 9.59 Å². The van der Waals surface area contributed by atoms with Crippen LogP contribution in [0.25, 0.3) is 0 Å². The fourth-order valence-electron chi connectivity index (χ4n) is 2.72.